The molecule has 7 heteroatoms. The Hall–Kier alpha value is -2.96. The monoisotopic (exact) mass is 315 g/mol. The second-order valence-electron chi connectivity index (χ2n) is 5.07. The van der Waals surface area contributed by atoms with Gasteiger partial charge in [-0.2, -0.15) is 0 Å². The fourth-order valence-electron chi connectivity index (χ4n) is 2.25. The first kappa shape index (κ1) is 15.0. The lowest BCUT2D eigenvalue weighted by Crippen LogP contribution is -2.36. The number of para-hydroxylation sites is 1. The molecule has 120 valence electrons. The maximum Gasteiger partial charge on any atom is 0.315 e. The van der Waals surface area contributed by atoms with E-state index in [1.165, 1.54) is 6.26 Å². The van der Waals surface area contributed by atoms with Crippen LogP contribution in [0.3, 0.4) is 0 Å². The molecule has 1 aromatic carbocycles. The molecule has 0 bridgehead atoms. The van der Waals surface area contributed by atoms with Crippen molar-refractivity contribution in [3.05, 3.63) is 48.0 Å². The molecule has 2 aromatic heterocycles. The Labute approximate surface area is 132 Å². The number of hydrogen-bond acceptors (Lipinski definition) is 5. The maximum absolute atomic E-state index is 11.9. The van der Waals surface area contributed by atoms with E-state index in [1.807, 2.05) is 31.2 Å². The highest BCUT2D eigenvalue weighted by Gasteiger charge is 2.16. The topological polar surface area (TPSA) is 89.5 Å². The van der Waals surface area contributed by atoms with Crippen LogP contribution >= 0.6 is 0 Å². The van der Waals surface area contributed by atoms with Gasteiger partial charge in [0.25, 0.3) is 0 Å². The zero-order valence-corrected chi connectivity index (χ0v) is 12.8. The number of amides is 2. The molecular weight excluding hydrogens is 298 g/mol. The number of nitrogens with zero attached hydrogens (tertiary/aromatic N) is 1. The lowest BCUT2D eigenvalue weighted by molar-refractivity contribution is 0.235. The highest BCUT2D eigenvalue weighted by Crippen LogP contribution is 2.30. The molecule has 0 fully saturated rings. The van der Waals surface area contributed by atoms with Gasteiger partial charge in [-0.15, -0.1) is 0 Å². The Bertz CT molecular complexity index is 795. The number of hydrogen-bond donors (Lipinski definition) is 2. The minimum atomic E-state index is -0.312. The zero-order valence-electron chi connectivity index (χ0n) is 12.8. The minimum absolute atomic E-state index is 0.288. The number of nitrogens with one attached hydrogen (secondary N) is 2. The Morgan fingerprint density at radius 3 is 3.00 bits per heavy atom. The number of fused-ring (bicyclic) bond motifs is 1. The smallest absolute Gasteiger partial charge is 0.315 e. The van der Waals surface area contributed by atoms with Crippen molar-refractivity contribution in [2.24, 2.45) is 0 Å². The highest BCUT2D eigenvalue weighted by molar-refractivity contribution is 5.84. The van der Waals surface area contributed by atoms with E-state index in [9.17, 15) is 4.79 Å². The van der Waals surface area contributed by atoms with E-state index in [0.717, 1.165) is 5.39 Å². The third kappa shape index (κ3) is 3.28. The van der Waals surface area contributed by atoms with Gasteiger partial charge in [0.05, 0.1) is 19.7 Å². The van der Waals surface area contributed by atoms with Gasteiger partial charge in [-0.1, -0.05) is 17.3 Å². The first-order chi connectivity index (χ1) is 11.2. The van der Waals surface area contributed by atoms with Gasteiger partial charge < -0.3 is 24.3 Å². The van der Waals surface area contributed by atoms with E-state index in [4.69, 9.17) is 13.7 Å². The van der Waals surface area contributed by atoms with E-state index in [-0.39, 0.29) is 12.1 Å². The van der Waals surface area contributed by atoms with Crippen LogP contribution < -0.4 is 15.4 Å². The second-order valence-corrected chi connectivity index (χ2v) is 5.07. The Balaban J connectivity index is 1.65. The molecule has 0 saturated heterocycles. The molecule has 0 saturated carbocycles. The number of urea groups is 1. The van der Waals surface area contributed by atoms with Crippen LogP contribution in [-0.4, -0.2) is 18.3 Å². The molecule has 2 N–H and O–H groups in total. The van der Waals surface area contributed by atoms with Crippen LogP contribution in [0.5, 0.6) is 5.75 Å². The molecule has 7 nitrogen and oxygen atoms in total. The van der Waals surface area contributed by atoms with Crippen molar-refractivity contribution in [1.82, 2.24) is 15.8 Å². The molecule has 2 heterocycles. The van der Waals surface area contributed by atoms with E-state index < -0.39 is 0 Å². The molecule has 3 rings (SSSR count). The molecule has 2 amide bonds. The minimum Gasteiger partial charge on any atom is -0.493 e. The molecule has 0 spiro atoms. The fraction of sp³-hybridized carbons (Fsp3) is 0.250. The average Bonchev–Trinajstić information content (AvgIpc) is 3.21. The Morgan fingerprint density at radius 2 is 2.26 bits per heavy atom. The Morgan fingerprint density at radius 1 is 1.39 bits per heavy atom. The first-order valence-corrected chi connectivity index (χ1v) is 7.17. The molecule has 0 aliphatic carbocycles. The van der Waals surface area contributed by atoms with Crippen LogP contribution in [0.2, 0.25) is 0 Å². The van der Waals surface area contributed by atoms with Gasteiger partial charge in [0, 0.05) is 11.5 Å². The summed E-state index contributed by atoms with van der Waals surface area (Å²) in [5.74, 6) is 1.32. The van der Waals surface area contributed by atoms with Crippen molar-refractivity contribution in [1.29, 1.82) is 0 Å². The number of aromatic nitrogens is 1. The lowest BCUT2D eigenvalue weighted by Gasteiger charge is -2.11. The quantitative estimate of drug-likeness (QED) is 0.755. The van der Waals surface area contributed by atoms with Crippen LogP contribution in [0.1, 0.15) is 24.4 Å². The summed E-state index contributed by atoms with van der Waals surface area (Å²) in [5, 5.41) is 10.2. The van der Waals surface area contributed by atoms with E-state index in [2.05, 4.69) is 15.8 Å². The summed E-state index contributed by atoms with van der Waals surface area (Å²) >= 11 is 0. The average molecular weight is 315 g/mol. The third-order valence-corrected chi connectivity index (χ3v) is 3.44. The Kier molecular flexibility index (Phi) is 4.18. The van der Waals surface area contributed by atoms with E-state index >= 15 is 0 Å². The summed E-state index contributed by atoms with van der Waals surface area (Å²) in [6, 6.07) is 8.64. The molecule has 23 heavy (non-hydrogen) atoms. The summed E-state index contributed by atoms with van der Waals surface area (Å²) in [4.78, 5) is 11.9. The van der Waals surface area contributed by atoms with Crippen LogP contribution in [0, 0.1) is 0 Å². The van der Waals surface area contributed by atoms with Crippen LogP contribution in [-0.2, 0) is 6.54 Å². The van der Waals surface area contributed by atoms with Crippen molar-refractivity contribution in [2.45, 2.75) is 19.5 Å². The lowest BCUT2D eigenvalue weighted by atomic mass is 10.2. The molecule has 1 atom stereocenters. The van der Waals surface area contributed by atoms with E-state index in [0.29, 0.717) is 29.3 Å². The summed E-state index contributed by atoms with van der Waals surface area (Å²) in [6.07, 6.45) is 1.46. The number of carbonyl (C=O) groups is 1. The summed E-state index contributed by atoms with van der Waals surface area (Å²) in [6.45, 7) is 2.14. The van der Waals surface area contributed by atoms with Crippen LogP contribution in [0.4, 0.5) is 4.79 Å². The van der Waals surface area contributed by atoms with Crippen molar-refractivity contribution in [2.75, 3.05) is 7.11 Å². The second kappa shape index (κ2) is 6.43. The number of furan rings is 1. The fourth-order valence-corrected chi connectivity index (χ4v) is 2.25. The highest BCUT2D eigenvalue weighted by atomic mass is 16.5. The van der Waals surface area contributed by atoms with Crippen molar-refractivity contribution < 1.29 is 18.5 Å². The molecule has 0 radical (unpaired) electrons. The third-order valence-electron chi connectivity index (χ3n) is 3.44. The number of rotatable bonds is 5. The van der Waals surface area contributed by atoms with E-state index in [1.54, 1.807) is 13.2 Å². The summed E-state index contributed by atoms with van der Waals surface area (Å²) in [7, 11) is 1.59. The standard InChI is InChI=1S/C16H17N3O4/c1-10(18-16(20)17-9-12-6-7-22-19-12)14-8-11-4-3-5-13(21-2)15(11)23-14/h3-8,10H,9H2,1-2H3,(H2,17,18,20)/t10-/m1/s1. The predicted octanol–water partition coefficient (Wildman–Crippen LogP) is 2.99. The SMILES string of the molecule is COc1cccc2cc([C@@H](C)NC(=O)NCc3ccon3)oc12. The molecule has 3 aromatic rings. The van der Waals surface area contributed by atoms with Gasteiger partial charge in [-0.25, -0.2) is 4.79 Å². The number of benzene rings is 1. The van der Waals surface area contributed by atoms with Crippen molar-refractivity contribution >= 4 is 17.0 Å². The molecule has 0 unspecified atom stereocenters. The number of ether oxygens (including phenoxy) is 1. The van der Waals surface area contributed by atoms with Gasteiger partial charge in [0.2, 0.25) is 0 Å². The first-order valence-electron chi connectivity index (χ1n) is 7.17. The zero-order chi connectivity index (χ0) is 16.2. The number of carbonyl (C=O) groups excluding carboxylic acids is 1. The van der Waals surface area contributed by atoms with Gasteiger partial charge in [0.15, 0.2) is 11.3 Å². The molecule has 0 aliphatic rings. The van der Waals surface area contributed by atoms with Crippen LogP contribution in [0.15, 0.2) is 45.5 Å². The normalized spacial score (nSPS) is 12.1. The summed E-state index contributed by atoms with van der Waals surface area (Å²) in [5.41, 5.74) is 1.32. The van der Waals surface area contributed by atoms with Gasteiger partial charge in [0.1, 0.15) is 17.7 Å². The van der Waals surface area contributed by atoms with Crippen molar-refractivity contribution in [3.8, 4) is 5.75 Å². The van der Waals surface area contributed by atoms with Crippen molar-refractivity contribution in [3.63, 3.8) is 0 Å². The molecule has 0 aliphatic heterocycles. The van der Waals surface area contributed by atoms with Gasteiger partial charge in [-0.3, -0.25) is 0 Å². The van der Waals surface area contributed by atoms with Gasteiger partial charge >= 0.3 is 6.03 Å². The van der Waals surface area contributed by atoms with Crippen LogP contribution in [0.25, 0.3) is 11.0 Å². The molecular formula is C16H17N3O4. The maximum atomic E-state index is 11.9. The van der Waals surface area contributed by atoms with Gasteiger partial charge in [-0.05, 0) is 19.1 Å². The largest absolute Gasteiger partial charge is 0.493 e. The summed E-state index contributed by atoms with van der Waals surface area (Å²) < 4.78 is 15.8. The number of methoxy groups -OCH3 is 1. The predicted molar refractivity (Wildman–Crippen MR) is 83.1 cm³/mol.